The molecule has 1 atom stereocenters. The van der Waals surface area contributed by atoms with Gasteiger partial charge in [-0.25, -0.2) is 0 Å². The molecular weight excluding hydrogens is 194 g/mol. The van der Waals surface area contributed by atoms with Crippen molar-refractivity contribution in [1.29, 1.82) is 0 Å². The highest BCUT2D eigenvalue weighted by molar-refractivity contribution is 4.84. The van der Waals surface area contributed by atoms with E-state index in [2.05, 4.69) is 12.2 Å². The van der Waals surface area contributed by atoms with E-state index in [0.717, 1.165) is 25.9 Å². The van der Waals surface area contributed by atoms with Crippen LogP contribution in [0.25, 0.3) is 0 Å². The van der Waals surface area contributed by atoms with E-state index in [1.807, 2.05) is 0 Å². The molecule has 0 amide bonds. The van der Waals surface area contributed by atoms with Gasteiger partial charge in [0.25, 0.3) is 0 Å². The summed E-state index contributed by atoms with van der Waals surface area (Å²) in [5.41, 5.74) is -0.570. The molecule has 0 bridgehead atoms. The highest BCUT2D eigenvalue weighted by Crippen LogP contribution is 2.19. The minimum Gasteiger partial charge on any atom is -0.388 e. The molecule has 1 fully saturated rings. The quantitative estimate of drug-likeness (QED) is 0.682. The number of hydrogen-bond acceptors (Lipinski definition) is 4. The van der Waals surface area contributed by atoms with Crippen LogP contribution < -0.4 is 5.32 Å². The van der Waals surface area contributed by atoms with Crippen LogP contribution in [0.2, 0.25) is 0 Å². The summed E-state index contributed by atoms with van der Waals surface area (Å²) in [4.78, 5) is 0. The first kappa shape index (κ1) is 12.9. The maximum atomic E-state index is 10.2. The predicted molar refractivity (Wildman–Crippen MR) is 59.0 cm³/mol. The Bertz CT molecular complexity index is 169. The van der Waals surface area contributed by atoms with Crippen LogP contribution in [0.3, 0.4) is 0 Å². The molecule has 0 radical (unpaired) electrons. The molecule has 0 aliphatic carbocycles. The molecule has 1 saturated heterocycles. The Morgan fingerprint density at radius 2 is 2.13 bits per heavy atom. The third kappa shape index (κ3) is 4.93. The molecule has 1 heterocycles. The van der Waals surface area contributed by atoms with E-state index in [9.17, 15) is 5.11 Å². The summed E-state index contributed by atoms with van der Waals surface area (Å²) in [7, 11) is 1.71. The maximum Gasteiger partial charge on any atom is 0.0815 e. The molecule has 0 aromatic rings. The zero-order valence-electron chi connectivity index (χ0n) is 9.79. The highest BCUT2D eigenvalue weighted by atomic mass is 16.5. The van der Waals surface area contributed by atoms with Crippen LogP contribution >= 0.6 is 0 Å². The summed E-state index contributed by atoms with van der Waals surface area (Å²) >= 11 is 0. The predicted octanol–water partition coefficient (Wildman–Crippen LogP) is 0.542. The lowest BCUT2D eigenvalue weighted by Crippen LogP contribution is -2.47. The minimum absolute atomic E-state index is 0.386. The molecule has 15 heavy (non-hydrogen) atoms. The first-order chi connectivity index (χ1) is 7.16. The Hall–Kier alpha value is -0.160. The maximum absolute atomic E-state index is 10.2. The zero-order valence-corrected chi connectivity index (χ0v) is 9.79. The molecule has 90 valence electrons. The van der Waals surface area contributed by atoms with Crippen molar-refractivity contribution in [2.24, 2.45) is 0 Å². The van der Waals surface area contributed by atoms with Crippen LogP contribution in [-0.4, -0.2) is 50.2 Å². The number of nitrogens with one attached hydrogen (secondary N) is 1. The lowest BCUT2D eigenvalue weighted by molar-refractivity contribution is -0.0628. The second kappa shape index (κ2) is 6.43. The Labute approximate surface area is 92.0 Å². The molecule has 1 aliphatic rings. The van der Waals surface area contributed by atoms with Crippen molar-refractivity contribution in [3.05, 3.63) is 0 Å². The summed E-state index contributed by atoms with van der Waals surface area (Å²) in [6.45, 7) is 4.87. The molecule has 0 saturated carbocycles. The summed E-state index contributed by atoms with van der Waals surface area (Å²) < 4.78 is 10.2. The van der Waals surface area contributed by atoms with Gasteiger partial charge >= 0.3 is 0 Å². The van der Waals surface area contributed by atoms with Gasteiger partial charge < -0.3 is 19.9 Å². The van der Waals surface area contributed by atoms with Crippen LogP contribution in [0.4, 0.5) is 0 Å². The Balaban J connectivity index is 2.16. The first-order valence-electron chi connectivity index (χ1n) is 5.69. The summed E-state index contributed by atoms with van der Waals surface area (Å²) in [6.07, 6.45) is 2.44. The number of hydrogen-bond donors (Lipinski definition) is 2. The van der Waals surface area contributed by atoms with Gasteiger partial charge in [-0.1, -0.05) is 0 Å². The van der Waals surface area contributed by atoms with Gasteiger partial charge in [0.1, 0.15) is 0 Å². The van der Waals surface area contributed by atoms with Crippen LogP contribution in [0.5, 0.6) is 0 Å². The average Bonchev–Trinajstić information content (AvgIpc) is 2.25. The van der Waals surface area contributed by atoms with Gasteiger partial charge in [-0.3, -0.25) is 0 Å². The van der Waals surface area contributed by atoms with Gasteiger partial charge in [0.05, 0.1) is 5.60 Å². The summed E-state index contributed by atoms with van der Waals surface area (Å²) in [6, 6.07) is 0.386. The topological polar surface area (TPSA) is 50.7 Å². The fourth-order valence-electron chi connectivity index (χ4n) is 1.69. The summed E-state index contributed by atoms with van der Waals surface area (Å²) in [5, 5.41) is 13.5. The second-order valence-corrected chi connectivity index (χ2v) is 4.40. The Morgan fingerprint density at radius 3 is 2.73 bits per heavy atom. The smallest absolute Gasteiger partial charge is 0.0815 e. The third-order valence-corrected chi connectivity index (χ3v) is 2.96. The van der Waals surface area contributed by atoms with Gasteiger partial charge in [-0.05, 0) is 13.3 Å². The van der Waals surface area contributed by atoms with Crippen molar-refractivity contribution < 1.29 is 14.6 Å². The largest absolute Gasteiger partial charge is 0.388 e. The van der Waals surface area contributed by atoms with Gasteiger partial charge in [-0.2, -0.15) is 0 Å². The van der Waals surface area contributed by atoms with Crippen molar-refractivity contribution in [3.8, 4) is 0 Å². The van der Waals surface area contributed by atoms with Crippen LogP contribution in [0.15, 0.2) is 0 Å². The Kier molecular flexibility index (Phi) is 5.53. The lowest BCUT2D eigenvalue weighted by atomic mass is 9.94. The number of aliphatic hydroxyl groups is 1. The third-order valence-electron chi connectivity index (χ3n) is 2.96. The van der Waals surface area contributed by atoms with E-state index in [1.54, 1.807) is 7.11 Å². The lowest BCUT2D eigenvalue weighted by Gasteiger charge is -2.33. The van der Waals surface area contributed by atoms with E-state index in [-0.39, 0.29) is 0 Å². The Morgan fingerprint density at radius 1 is 1.47 bits per heavy atom. The second-order valence-electron chi connectivity index (χ2n) is 4.40. The number of methoxy groups -OCH3 is 1. The van der Waals surface area contributed by atoms with Crippen molar-refractivity contribution in [1.82, 2.24) is 5.32 Å². The highest BCUT2D eigenvalue weighted by Gasteiger charge is 2.29. The number of ether oxygens (including phenoxy) is 2. The van der Waals surface area contributed by atoms with Gasteiger partial charge in [0, 0.05) is 52.4 Å². The molecule has 4 heteroatoms. The van der Waals surface area contributed by atoms with Gasteiger partial charge in [0.15, 0.2) is 0 Å². The van der Waals surface area contributed by atoms with Gasteiger partial charge in [-0.15, -0.1) is 0 Å². The monoisotopic (exact) mass is 217 g/mol. The minimum atomic E-state index is -0.570. The number of rotatable bonds is 6. The van der Waals surface area contributed by atoms with E-state index in [4.69, 9.17) is 9.47 Å². The van der Waals surface area contributed by atoms with Gasteiger partial charge in [0.2, 0.25) is 0 Å². The van der Waals surface area contributed by atoms with Crippen LogP contribution in [0.1, 0.15) is 26.2 Å². The molecular formula is C11H23NO3. The van der Waals surface area contributed by atoms with E-state index >= 15 is 0 Å². The standard InChI is InChI=1S/C11H23NO3/c1-10(3-6-14-2)12-9-11(13)4-7-15-8-5-11/h10,12-13H,3-9H2,1-2H3. The molecule has 2 N–H and O–H groups in total. The molecule has 4 nitrogen and oxygen atoms in total. The van der Waals surface area contributed by atoms with Crippen LogP contribution in [-0.2, 0) is 9.47 Å². The van der Waals surface area contributed by atoms with Crippen molar-refractivity contribution in [2.45, 2.75) is 37.8 Å². The fourth-order valence-corrected chi connectivity index (χ4v) is 1.69. The molecule has 0 spiro atoms. The summed E-state index contributed by atoms with van der Waals surface area (Å²) in [5.74, 6) is 0. The zero-order chi connectivity index (χ0) is 11.1. The first-order valence-corrected chi connectivity index (χ1v) is 5.69. The molecule has 1 unspecified atom stereocenters. The van der Waals surface area contributed by atoms with Crippen LogP contribution in [0, 0.1) is 0 Å². The van der Waals surface area contributed by atoms with Crippen molar-refractivity contribution in [2.75, 3.05) is 33.5 Å². The molecule has 0 aromatic carbocycles. The average molecular weight is 217 g/mol. The fraction of sp³-hybridized carbons (Fsp3) is 1.00. The van der Waals surface area contributed by atoms with E-state index in [1.165, 1.54) is 0 Å². The molecule has 0 aromatic heterocycles. The van der Waals surface area contributed by atoms with Crippen molar-refractivity contribution >= 4 is 0 Å². The van der Waals surface area contributed by atoms with E-state index in [0.29, 0.717) is 25.8 Å². The van der Waals surface area contributed by atoms with E-state index < -0.39 is 5.60 Å². The molecule has 1 rings (SSSR count). The SMILES string of the molecule is COCCC(C)NCC1(O)CCOCC1. The normalized spacial score (nSPS) is 22.6. The van der Waals surface area contributed by atoms with Crippen molar-refractivity contribution in [3.63, 3.8) is 0 Å². The molecule has 1 aliphatic heterocycles.